The maximum atomic E-state index is 12.7. The minimum atomic E-state index is -2.56. The van der Waals surface area contributed by atoms with Crippen LogP contribution in [0.5, 0.6) is 23.0 Å². The van der Waals surface area contributed by atoms with Crippen LogP contribution < -0.4 is 18.9 Å². The number of methoxy groups -OCH3 is 1. The van der Waals surface area contributed by atoms with Crippen LogP contribution in [0.4, 0.5) is 10.1 Å². The van der Waals surface area contributed by atoms with Crippen molar-refractivity contribution in [1.82, 2.24) is 4.90 Å². The van der Waals surface area contributed by atoms with Crippen molar-refractivity contribution in [3.63, 3.8) is 0 Å². The minimum Gasteiger partial charge on any atom is -0.497 e. The van der Waals surface area contributed by atoms with E-state index in [1.165, 1.54) is 61.9 Å². The van der Waals surface area contributed by atoms with Crippen LogP contribution in [0.1, 0.15) is 38.2 Å². The van der Waals surface area contributed by atoms with Gasteiger partial charge in [-0.15, -0.1) is 0 Å². The number of ether oxygens (including phenoxy) is 4. The van der Waals surface area contributed by atoms with Gasteiger partial charge in [0.25, 0.3) is 12.2 Å². The third kappa shape index (κ3) is 10.7. The Morgan fingerprint density at radius 3 is 2.07 bits per heavy atom. The Hall–Kier alpha value is -4.26. The number of fused-ring (bicyclic) bond motifs is 1. The lowest BCUT2D eigenvalue weighted by Crippen LogP contribution is -2.37. The molecule has 0 amide bonds. The van der Waals surface area contributed by atoms with Crippen molar-refractivity contribution in [2.45, 2.75) is 38.8 Å². The van der Waals surface area contributed by atoms with Crippen molar-refractivity contribution >= 4 is 12.2 Å². The van der Waals surface area contributed by atoms with Crippen LogP contribution >= 0.6 is 0 Å². The Labute approximate surface area is 237 Å². The number of carbonyl (C=O) groups excluding carboxylic acids is 1. The number of hydrogen-bond acceptors (Lipinski definition) is 10. The Kier molecular flexibility index (Phi) is 12.9. The Morgan fingerprint density at radius 1 is 0.976 bits per heavy atom. The van der Waals surface area contributed by atoms with Crippen LogP contribution in [-0.2, 0) is 4.79 Å². The second-order valence-electron chi connectivity index (χ2n) is 8.66. The highest BCUT2D eigenvalue weighted by atomic mass is 19.1. The van der Waals surface area contributed by atoms with Gasteiger partial charge >= 0.3 is 6.16 Å². The lowest BCUT2D eigenvalue weighted by molar-refractivity contribution is -0.385. The topological polar surface area (TPSA) is 141 Å². The number of nitro benzene ring substituents is 1. The normalized spacial score (nSPS) is 15.0. The summed E-state index contributed by atoms with van der Waals surface area (Å²) in [5.41, 5.74) is 1.26. The minimum absolute atomic E-state index is 0.0340. The number of hydrogen-bond donors (Lipinski definition) is 2. The fourth-order valence-electron chi connectivity index (χ4n) is 3.87. The Bertz CT molecular complexity index is 1230. The lowest BCUT2D eigenvalue weighted by Gasteiger charge is -2.29. The maximum absolute atomic E-state index is 12.7. The molecule has 11 nitrogen and oxygen atoms in total. The zero-order chi connectivity index (χ0) is 30.4. The third-order valence-corrected chi connectivity index (χ3v) is 5.93. The second-order valence-corrected chi connectivity index (χ2v) is 8.66. The summed E-state index contributed by atoms with van der Waals surface area (Å²) >= 11 is 0. The fourth-order valence-corrected chi connectivity index (χ4v) is 3.87. The molecule has 41 heavy (non-hydrogen) atoms. The number of halogens is 1. The highest BCUT2D eigenvalue weighted by molar-refractivity contribution is 5.47. The van der Waals surface area contributed by atoms with Crippen LogP contribution in [0.2, 0.25) is 0 Å². The van der Waals surface area contributed by atoms with Gasteiger partial charge in [0.1, 0.15) is 17.3 Å². The van der Waals surface area contributed by atoms with Gasteiger partial charge in [-0.1, -0.05) is 26.0 Å². The van der Waals surface area contributed by atoms with Crippen LogP contribution in [0.3, 0.4) is 0 Å². The van der Waals surface area contributed by atoms with Crippen molar-refractivity contribution in [2.24, 2.45) is 0 Å². The molecule has 0 unspecified atom stereocenters. The van der Waals surface area contributed by atoms with E-state index in [9.17, 15) is 19.3 Å². The van der Waals surface area contributed by atoms with Gasteiger partial charge in [0, 0.05) is 18.2 Å². The highest BCUT2D eigenvalue weighted by Crippen LogP contribution is 2.39. The quantitative estimate of drug-likeness (QED) is 0.188. The van der Waals surface area contributed by atoms with Gasteiger partial charge in [0.05, 0.1) is 12.0 Å². The number of carbonyl (C=O) groups is 1. The molecule has 1 fully saturated rings. The number of rotatable bonds is 5. The molecule has 0 bridgehead atoms. The van der Waals surface area contributed by atoms with Crippen LogP contribution in [0.25, 0.3) is 0 Å². The van der Waals surface area contributed by atoms with Crippen LogP contribution in [0, 0.1) is 15.9 Å². The van der Waals surface area contributed by atoms with Crippen LogP contribution in [0.15, 0.2) is 66.7 Å². The van der Waals surface area contributed by atoms with Crippen molar-refractivity contribution in [3.8, 4) is 23.0 Å². The number of benzene rings is 3. The fraction of sp³-hybridized carbons (Fsp3) is 0.345. The van der Waals surface area contributed by atoms with Crippen molar-refractivity contribution in [1.29, 1.82) is 0 Å². The lowest BCUT2D eigenvalue weighted by atomic mass is 9.90. The average Bonchev–Trinajstić information content (AvgIpc) is 3.29. The molecule has 3 aromatic rings. The van der Waals surface area contributed by atoms with Crippen molar-refractivity contribution < 1.29 is 43.3 Å². The summed E-state index contributed by atoms with van der Waals surface area (Å²) in [4.78, 5) is 21.8. The second kappa shape index (κ2) is 16.1. The zero-order valence-electron chi connectivity index (χ0n) is 23.4. The number of piperidine rings is 1. The summed E-state index contributed by atoms with van der Waals surface area (Å²) in [6.45, 7) is 6.57. The highest BCUT2D eigenvalue weighted by Gasteiger charge is 2.38. The Morgan fingerprint density at radius 2 is 1.54 bits per heavy atom. The maximum Gasteiger partial charge on any atom is 0.505 e. The predicted octanol–water partition coefficient (Wildman–Crippen LogP) is 4.85. The first-order valence-electron chi connectivity index (χ1n) is 12.9. The summed E-state index contributed by atoms with van der Waals surface area (Å²) in [7, 11) is 3.66. The molecule has 2 aliphatic heterocycles. The zero-order valence-corrected chi connectivity index (χ0v) is 23.4. The van der Waals surface area contributed by atoms with E-state index in [4.69, 9.17) is 14.9 Å². The molecular formula is C29H35FN2O9. The molecule has 0 spiro atoms. The summed E-state index contributed by atoms with van der Waals surface area (Å²) < 4.78 is 31.3. The molecule has 0 aliphatic carbocycles. The molecule has 3 aromatic carbocycles. The molecule has 0 radical (unpaired) electrons. The molecule has 0 aromatic heterocycles. The molecule has 222 valence electrons. The van der Waals surface area contributed by atoms with Gasteiger partial charge in [-0.2, -0.15) is 0 Å². The van der Waals surface area contributed by atoms with E-state index >= 15 is 0 Å². The summed E-state index contributed by atoms with van der Waals surface area (Å²) in [6.07, 6.45) is -0.168. The van der Waals surface area contributed by atoms with Crippen molar-refractivity contribution in [2.75, 3.05) is 27.2 Å². The van der Waals surface area contributed by atoms with E-state index in [2.05, 4.69) is 26.2 Å². The van der Waals surface area contributed by atoms with E-state index in [-0.39, 0.29) is 35.2 Å². The van der Waals surface area contributed by atoms with E-state index in [0.717, 1.165) is 13.1 Å². The first kappa shape index (κ1) is 32.9. The monoisotopic (exact) mass is 574 g/mol. The van der Waals surface area contributed by atoms with Gasteiger partial charge < -0.3 is 23.8 Å². The van der Waals surface area contributed by atoms with E-state index in [0.29, 0.717) is 11.7 Å². The first-order chi connectivity index (χ1) is 19.6. The van der Waals surface area contributed by atoms with Crippen LogP contribution in [-0.4, -0.2) is 59.9 Å². The number of nitro groups is 1. The predicted molar refractivity (Wildman–Crippen MR) is 148 cm³/mol. The Balaban J connectivity index is 0.000000209. The number of aliphatic hydroxyl groups is 2. The third-order valence-electron chi connectivity index (χ3n) is 5.93. The molecule has 12 heteroatoms. The molecule has 0 saturated carbocycles. The average molecular weight is 575 g/mol. The molecule has 2 heterocycles. The molecule has 5 rings (SSSR count). The van der Waals surface area contributed by atoms with Gasteiger partial charge in [0.15, 0.2) is 11.5 Å². The number of likely N-dealkylation sites (tertiary alicyclic amines) is 1. The summed E-state index contributed by atoms with van der Waals surface area (Å²) in [5, 5.41) is 28.1. The van der Waals surface area contributed by atoms with Gasteiger partial charge in [-0.05, 0) is 80.9 Å². The van der Waals surface area contributed by atoms with Gasteiger partial charge in [0.2, 0.25) is 0 Å². The van der Waals surface area contributed by atoms with E-state index < -0.39 is 11.1 Å². The number of non-ortho nitro benzene ring substituents is 1. The molecule has 0 atom stereocenters. The molecular weight excluding hydrogens is 539 g/mol. The smallest absolute Gasteiger partial charge is 0.497 e. The molecule has 2 N–H and O–H groups in total. The molecule has 2 aliphatic rings. The summed E-state index contributed by atoms with van der Waals surface area (Å²) in [6, 6.07) is 16.9. The van der Waals surface area contributed by atoms with Gasteiger partial charge in [-0.25, -0.2) is 4.39 Å². The van der Waals surface area contributed by atoms with Gasteiger partial charge in [-0.3, -0.25) is 25.1 Å². The van der Waals surface area contributed by atoms with E-state index in [1.54, 1.807) is 18.2 Å². The van der Waals surface area contributed by atoms with E-state index in [1.807, 2.05) is 26.0 Å². The SMILES string of the molecule is CC.CN1CCC(c2ccc(F)cc2)CC1.COc1ccc2c(c1)OC(O)(O)O2.O=COc1ccc([N+](=O)[O-])cc1. The summed E-state index contributed by atoms with van der Waals surface area (Å²) in [5.74, 6) is 1.85. The molecule has 1 saturated heterocycles. The standard InChI is InChI=1S/C12H16FN.C8H8O5.C7H5NO4.C2H6/c1-14-8-6-11(7-9-14)10-2-4-12(13)5-3-10;1-11-5-2-3-6-7(4-5)13-8(9,10)12-6;9-5-12-7-3-1-6(2-4-7)8(10)11;1-2/h2-5,11H,6-9H2,1H3;2-4,9-10H,1H3;1-5H;1-2H3. The number of nitrogens with zero attached hydrogens (tertiary/aromatic N) is 2. The largest absolute Gasteiger partial charge is 0.505 e. The first-order valence-corrected chi connectivity index (χ1v) is 12.9. The van der Waals surface area contributed by atoms with Crippen molar-refractivity contribution in [3.05, 3.63) is 88.2 Å².